The molecule has 2 nitrogen and oxygen atoms in total. The van der Waals surface area contributed by atoms with Crippen molar-refractivity contribution in [3.8, 4) is 11.5 Å². The van der Waals surface area contributed by atoms with Gasteiger partial charge in [0.05, 0.1) is 0 Å². The van der Waals surface area contributed by atoms with E-state index >= 15 is 0 Å². The summed E-state index contributed by atoms with van der Waals surface area (Å²) in [5.74, 6) is -0.602. The summed E-state index contributed by atoms with van der Waals surface area (Å²) < 4.78 is 70.8. The minimum absolute atomic E-state index is 0.0141. The average Bonchev–Trinajstić information content (AvgIpc) is 2.76. The zero-order valence-corrected chi connectivity index (χ0v) is 13.9. The van der Waals surface area contributed by atoms with Gasteiger partial charge in [-0.25, -0.2) is 8.78 Å². The molecule has 9 heteroatoms. The second kappa shape index (κ2) is 6.66. The van der Waals surface area contributed by atoms with Crippen molar-refractivity contribution in [1.29, 1.82) is 0 Å². The Hall–Kier alpha value is -1.51. The van der Waals surface area contributed by atoms with Crippen LogP contribution in [-0.4, -0.2) is 16.8 Å². The zero-order chi connectivity index (χ0) is 18.4. The van der Waals surface area contributed by atoms with E-state index in [4.69, 9.17) is 16.3 Å². The number of fused-ring (bicyclic) bond motifs is 1. The molecule has 2 aromatic rings. The third-order valence-corrected chi connectivity index (χ3v) is 4.63. The molecule has 0 saturated heterocycles. The van der Waals surface area contributed by atoms with Gasteiger partial charge in [0, 0.05) is 33.5 Å². The normalized spacial score (nSPS) is 19.8. The van der Waals surface area contributed by atoms with Crippen LogP contribution in [-0.2, 0) is 6.42 Å². The fourth-order valence-electron chi connectivity index (χ4n) is 2.67. The Kier molecular flexibility index (Phi) is 4.87. The second-order valence-electron chi connectivity index (χ2n) is 5.37. The van der Waals surface area contributed by atoms with E-state index in [9.17, 15) is 27.1 Å². The van der Waals surface area contributed by atoms with Crippen molar-refractivity contribution < 1.29 is 31.8 Å². The Bertz CT molecular complexity index is 792. The number of benzene rings is 2. The van der Waals surface area contributed by atoms with Crippen LogP contribution in [0.3, 0.4) is 0 Å². The Balaban J connectivity index is 2.02. The van der Waals surface area contributed by atoms with E-state index in [1.165, 1.54) is 12.1 Å². The van der Waals surface area contributed by atoms with Gasteiger partial charge in [-0.15, -0.1) is 0 Å². The molecule has 0 aromatic heterocycles. The van der Waals surface area contributed by atoms with Crippen LogP contribution in [0.1, 0.15) is 17.2 Å². The Morgan fingerprint density at radius 2 is 1.92 bits per heavy atom. The van der Waals surface area contributed by atoms with E-state index < -0.39 is 35.4 Å². The number of rotatable bonds is 3. The maximum absolute atomic E-state index is 13.9. The van der Waals surface area contributed by atoms with E-state index in [-0.39, 0.29) is 39.0 Å². The standard InChI is InChI=1S/C16H10ClF5O2S/c17-7-3-8(18)5-9(4-7)24-12-1-2-13(25-16(20,21)22)14-10(12)6-11(19)15(14)23/h1-5,11,15,23H,6H2. The van der Waals surface area contributed by atoms with E-state index in [1.807, 2.05) is 0 Å². The van der Waals surface area contributed by atoms with E-state index in [2.05, 4.69) is 0 Å². The van der Waals surface area contributed by atoms with Gasteiger partial charge in [-0.2, -0.15) is 13.2 Å². The third-order valence-electron chi connectivity index (χ3n) is 3.60. The first-order chi connectivity index (χ1) is 11.6. The van der Waals surface area contributed by atoms with Crippen molar-refractivity contribution in [2.75, 3.05) is 0 Å². The maximum atomic E-state index is 13.9. The van der Waals surface area contributed by atoms with Gasteiger partial charge < -0.3 is 9.84 Å². The fraction of sp³-hybridized carbons (Fsp3) is 0.250. The summed E-state index contributed by atoms with van der Waals surface area (Å²) in [6, 6.07) is 5.73. The van der Waals surface area contributed by atoms with Gasteiger partial charge in [-0.1, -0.05) is 11.6 Å². The molecule has 0 fully saturated rings. The van der Waals surface area contributed by atoms with Gasteiger partial charge in [0.15, 0.2) is 0 Å². The van der Waals surface area contributed by atoms with Gasteiger partial charge in [0.1, 0.15) is 29.6 Å². The van der Waals surface area contributed by atoms with Crippen LogP contribution in [0.4, 0.5) is 22.0 Å². The van der Waals surface area contributed by atoms with Gasteiger partial charge in [-0.3, -0.25) is 0 Å². The topological polar surface area (TPSA) is 29.5 Å². The lowest BCUT2D eigenvalue weighted by molar-refractivity contribution is -0.0329. The number of aliphatic hydroxyl groups is 1. The lowest BCUT2D eigenvalue weighted by Crippen LogP contribution is -2.08. The molecule has 1 N–H and O–H groups in total. The van der Waals surface area contributed by atoms with Crippen molar-refractivity contribution in [3.05, 3.63) is 52.3 Å². The predicted molar refractivity (Wildman–Crippen MR) is 83.4 cm³/mol. The molecule has 0 amide bonds. The molecule has 2 atom stereocenters. The first-order valence-corrected chi connectivity index (χ1v) is 8.21. The molecule has 2 aromatic carbocycles. The van der Waals surface area contributed by atoms with Gasteiger partial charge in [-0.05, 0) is 36.0 Å². The van der Waals surface area contributed by atoms with E-state index in [1.54, 1.807) is 0 Å². The summed E-state index contributed by atoms with van der Waals surface area (Å²) in [4.78, 5) is -0.292. The monoisotopic (exact) mass is 396 g/mol. The highest BCUT2D eigenvalue weighted by molar-refractivity contribution is 8.00. The minimum Gasteiger partial charge on any atom is -0.457 e. The van der Waals surface area contributed by atoms with Crippen molar-refractivity contribution in [1.82, 2.24) is 0 Å². The predicted octanol–water partition coefficient (Wildman–Crippen LogP) is 5.81. The van der Waals surface area contributed by atoms with Gasteiger partial charge in [0.2, 0.25) is 0 Å². The van der Waals surface area contributed by atoms with Crippen molar-refractivity contribution in [2.24, 2.45) is 0 Å². The summed E-state index contributed by atoms with van der Waals surface area (Å²) in [6.07, 6.45) is -3.73. The van der Waals surface area contributed by atoms with Crippen LogP contribution in [0, 0.1) is 5.82 Å². The van der Waals surface area contributed by atoms with Crippen molar-refractivity contribution >= 4 is 23.4 Å². The molecule has 134 valence electrons. The SMILES string of the molecule is OC1c2c(SC(F)(F)F)ccc(Oc3cc(F)cc(Cl)c3)c2CC1F. The zero-order valence-electron chi connectivity index (χ0n) is 12.3. The highest BCUT2D eigenvalue weighted by atomic mass is 35.5. The summed E-state index contributed by atoms with van der Waals surface area (Å²) in [5, 5.41) is 9.98. The first-order valence-electron chi connectivity index (χ1n) is 7.01. The van der Waals surface area contributed by atoms with Crippen LogP contribution in [0.25, 0.3) is 0 Å². The molecule has 0 radical (unpaired) electrons. The quantitative estimate of drug-likeness (QED) is 0.524. The summed E-state index contributed by atoms with van der Waals surface area (Å²) in [6.45, 7) is 0. The number of hydrogen-bond acceptors (Lipinski definition) is 3. The fourth-order valence-corrected chi connectivity index (χ4v) is 3.62. The number of hydrogen-bond donors (Lipinski definition) is 1. The van der Waals surface area contributed by atoms with Crippen LogP contribution in [0.15, 0.2) is 35.2 Å². The third kappa shape index (κ3) is 4.02. The Morgan fingerprint density at radius 3 is 2.56 bits per heavy atom. The maximum Gasteiger partial charge on any atom is 0.446 e. The summed E-state index contributed by atoms with van der Waals surface area (Å²) in [7, 11) is 0. The van der Waals surface area contributed by atoms with Crippen molar-refractivity contribution in [3.63, 3.8) is 0 Å². The number of aliphatic hydroxyl groups excluding tert-OH is 1. The van der Waals surface area contributed by atoms with Gasteiger partial charge in [0.25, 0.3) is 0 Å². The summed E-state index contributed by atoms with van der Waals surface area (Å²) >= 11 is 5.30. The molecule has 1 aliphatic carbocycles. The highest BCUT2D eigenvalue weighted by Gasteiger charge is 2.39. The highest BCUT2D eigenvalue weighted by Crippen LogP contribution is 2.48. The van der Waals surface area contributed by atoms with E-state index in [0.29, 0.717) is 0 Å². The second-order valence-corrected chi connectivity index (χ2v) is 6.92. The molecule has 0 saturated carbocycles. The lowest BCUT2D eigenvalue weighted by atomic mass is 10.1. The van der Waals surface area contributed by atoms with Crippen LogP contribution < -0.4 is 4.74 Å². The number of ether oxygens (including phenoxy) is 1. The molecule has 0 aliphatic heterocycles. The Morgan fingerprint density at radius 1 is 1.20 bits per heavy atom. The Labute approximate surface area is 148 Å². The number of halogens is 6. The molecule has 3 rings (SSSR count). The minimum atomic E-state index is -4.58. The molecule has 0 heterocycles. The van der Waals surface area contributed by atoms with Crippen LogP contribution in [0.2, 0.25) is 5.02 Å². The average molecular weight is 397 g/mol. The largest absolute Gasteiger partial charge is 0.457 e. The molecule has 0 spiro atoms. The first kappa shape index (κ1) is 18.3. The smallest absolute Gasteiger partial charge is 0.446 e. The molecular weight excluding hydrogens is 387 g/mol. The lowest BCUT2D eigenvalue weighted by Gasteiger charge is -2.16. The van der Waals surface area contributed by atoms with Crippen LogP contribution >= 0.6 is 23.4 Å². The van der Waals surface area contributed by atoms with Gasteiger partial charge >= 0.3 is 5.51 Å². The van der Waals surface area contributed by atoms with Crippen molar-refractivity contribution in [2.45, 2.75) is 29.1 Å². The molecule has 1 aliphatic rings. The molecule has 2 unspecified atom stereocenters. The molecular formula is C16H10ClF5O2S. The molecule has 25 heavy (non-hydrogen) atoms. The van der Waals surface area contributed by atoms with Crippen LogP contribution in [0.5, 0.6) is 11.5 Å². The number of thioether (sulfide) groups is 1. The molecule has 0 bridgehead atoms. The number of alkyl halides is 4. The summed E-state index contributed by atoms with van der Waals surface area (Å²) in [5.41, 5.74) is -4.62. The van der Waals surface area contributed by atoms with E-state index in [0.717, 1.165) is 18.2 Å².